The van der Waals surface area contributed by atoms with Gasteiger partial charge >= 0.3 is 5.97 Å². The molecule has 0 aromatic rings. The number of carboxylic acids is 1. The van der Waals surface area contributed by atoms with Crippen LogP contribution in [0.2, 0.25) is 0 Å². The number of carboxylic acid groups (broad SMARTS) is 1. The standard InChI is InChI=1S/C16H26N2O3/c1-3-18(4-2)9-5-8-17-15(19)13-11-6-7-12(10-11)14(13)16(20)21/h6-7,11-14H,3-5,8-10H2,1-2H3,(H,17,19)(H,20,21). The van der Waals surface area contributed by atoms with Crippen molar-refractivity contribution >= 4 is 11.9 Å². The van der Waals surface area contributed by atoms with Crippen molar-refractivity contribution < 1.29 is 14.7 Å². The number of rotatable bonds is 8. The number of carbonyl (C=O) groups is 2. The van der Waals surface area contributed by atoms with E-state index in [1.165, 1.54) is 0 Å². The minimum Gasteiger partial charge on any atom is -0.481 e. The summed E-state index contributed by atoms with van der Waals surface area (Å²) in [5.41, 5.74) is 0. The van der Waals surface area contributed by atoms with Gasteiger partial charge in [0.05, 0.1) is 11.8 Å². The Morgan fingerprint density at radius 3 is 2.38 bits per heavy atom. The summed E-state index contributed by atoms with van der Waals surface area (Å²) in [5.74, 6) is -1.69. The Bertz CT molecular complexity index is 418. The molecule has 1 amide bonds. The maximum atomic E-state index is 12.3. The third kappa shape index (κ3) is 3.46. The molecule has 0 spiro atoms. The molecular weight excluding hydrogens is 268 g/mol. The molecule has 2 aliphatic carbocycles. The van der Waals surface area contributed by atoms with Crippen molar-refractivity contribution in [2.24, 2.45) is 23.7 Å². The van der Waals surface area contributed by atoms with Crippen molar-refractivity contribution in [2.75, 3.05) is 26.2 Å². The lowest BCUT2D eigenvalue weighted by Gasteiger charge is -2.24. The lowest BCUT2D eigenvalue weighted by atomic mass is 9.82. The molecule has 0 saturated heterocycles. The fraction of sp³-hybridized carbons (Fsp3) is 0.750. The van der Waals surface area contributed by atoms with E-state index >= 15 is 0 Å². The number of fused-ring (bicyclic) bond motifs is 2. The van der Waals surface area contributed by atoms with Crippen LogP contribution in [0.25, 0.3) is 0 Å². The topological polar surface area (TPSA) is 69.6 Å². The van der Waals surface area contributed by atoms with Crippen molar-refractivity contribution in [1.29, 1.82) is 0 Å². The molecule has 21 heavy (non-hydrogen) atoms. The minimum atomic E-state index is -0.838. The summed E-state index contributed by atoms with van der Waals surface area (Å²) in [6.07, 6.45) is 5.70. The first-order valence-electron chi connectivity index (χ1n) is 7.99. The average Bonchev–Trinajstić information content (AvgIpc) is 3.07. The third-order valence-electron chi connectivity index (χ3n) is 4.89. The first-order chi connectivity index (χ1) is 10.1. The van der Waals surface area contributed by atoms with E-state index in [4.69, 9.17) is 0 Å². The number of carbonyl (C=O) groups excluding carboxylic acids is 1. The van der Waals surface area contributed by atoms with Crippen LogP contribution in [0.5, 0.6) is 0 Å². The Labute approximate surface area is 126 Å². The number of hydrogen-bond acceptors (Lipinski definition) is 3. The zero-order valence-corrected chi connectivity index (χ0v) is 12.9. The molecule has 0 radical (unpaired) electrons. The fourth-order valence-corrected chi connectivity index (χ4v) is 3.69. The molecule has 2 aliphatic rings. The third-order valence-corrected chi connectivity index (χ3v) is 4.89. The van der Waals surface area contributed by atoms with Gasteiger partial charge in [-0.15, -0.1) is 0 Å². The van der Waals surface area contributed by atoms with E-state index < -0.39 is 11.9 Å². The summed E-state index contributed by atoms with van der Waals surface area (Å²) in [5, 5.41) is 12.3. The average molecular weight is 294 g/mol. The quantitative estimate of drug-likeness (QED) is 0.524. The molecule has 2 N–H and O–H groups in total. The Hall–Kier alpha value is -1.36. The molecule has 1 fully saturated rings. The molecular formula is C16H26N2O3. The van der Waals surface area contributed by atoms with Gasteiger partial charge in [-0.1, -0.05) is 26.0 Å². The maximum absolute atomic E-state index is 12.3. The monoisotopic (exact) mass is 294 g/mol. The molecule has 5 heteroatoms. The molecule has 0 aliphatic heterocycles. The largest absolute Gasteiger partial charge is 0.481 e. The minimum absolute atomic E-state index is 0.0407. The predicted octanol–water partition coefficient (Wildman–Crippen LogP) is 1.36. The van der Waals surface area contributed by atoms with Crippen LogP contribution in [-0.2, 0) is 9.59 Å². The highest BCUT2D eigenvalue weighted by Crippen LogP contribution is 2.48. The molecule has 0 heterocycles. The van der Waals surface area contributed by atoms with E-state index in [2.05, 4.69) is 24.1 Å². The Balaban J connectivity index is 1.80. The smallest absolute Gasteiger partial charge is 0.307 e. The van der Waals surface area contributed by atoms with Crippen LogP contribution >= 0.6 is 0 Å². The van der Waals surface area contributed by atoms with E-state index in [-0.39, 0.29) is 23.7 Å². The van der Waals surface area contributed by atoms with Gasteiger partial charge in [0.25, 0.3) is 0 Å². The zero-order chi connectivity index (χ0) is 15.4. The lowest BCUT2D eigenvalue weighted by Crippen LogP contribution is -2.41. The van der Waals surface area contributed by atoms with Gasteiger partial charge in [-0.05, 0) is 44.3 Å². The van der Waals surface area contributed by atoms with Gasteiger partial charge in [-0.3, -0.25) is 9.59 Å². The second-order valence-corrected chi connectivity index (χ2v) is 6.01. The molecule has 1 saturated carbocycles. The Morgan fingerprint density at radius 2 is 1.81 bits per heavy atom. The van der Waals surface area contributed by atoms with E-state index in [1.807, 2.05) is 12.2 Å². The van der Waals surface area contributed by atoms with Gasteiger partial charge < -0.3 is 15.3 Å². The SMILES string of the molecule is CCN(CC)CCCNC(=O)C1C2C=CC(C2)C1C(=O)O. The van der Waals surface area contributed by atoms with Gasteiger partial charge in [0.15, 0.2) is 0 Å². The van der Waals surface area contributed by atoms with Crippen molar-refractivity contribution in [2.45, 2.75) is 26.7 Å². The number of allylic oxidation sites excluding steroid dienone is 2. The molecule has 2 rings (SSSR count). The van der Waals surface area contributed by atoms with Gasteiger partial charge in [0.1, 0.15) is 0 Å². The lowest BCUT2D eigenvalue weighted by molar-refractivity contribution is -0.147. The highest BCUT2D eigenvalue weighted by atomic mass is 16.4. The zero-order valence-electron chi connectivity index (χ0n) is 12.9. The van der Waals surface area contributed by atoms with Crippen LogP contribution in [-0.4, -0.2) is 48.1 Å². The van der Waals surface area contributed by atoms with Gasteiger partial charge in [-0.25, -0.2) is 0 Å². The molecule has 0 aromatic carbocycles. The summed E-state index contributed by atoms with van der Waals surface area (Å²) < 4.78 is 0. The van der Waals surface area contributed by atoms with E-state index in [1.54, 1.807) is 0 Å². The van der Waals surface area contributed by atoms with Crippen LogP contribution in [0.3, 0.4) is 0 Å². The van der Waals surface area contributed by atoms with Gasteiger partial charge in [0, 0.05) is 6.54 Å². The Morgan fingerprint density at radius 1 is 1.19 bits per heavy atom. The normalized spacial score (nSPS) is 30.0. The van der Waals surface area contributed by atoms with Crippen molar-refractivity contribution in [3.63, 3.8) is 0 Å². The molecule has 4 atom stereocenters. The first-order valence-corrected chi connectivity index (χ1v) is 7.99. The van der Waals surface area contributed by atoms with Crippen molar-refractivity contribution in [3.8, 4) is 0 Å². The van der Waals surface area contributed by atoms with E-state index in [0.29, 0.717) is 6.54 Å². The number of amides is 1. The first kappa shape index (κ1) is 16.0. The van der Waals surface area contributed by atoms with Crippen LogP contribution in [0.4, 0.5) is 0 Å². The summed E-state index contributed by atoms with van der Waals surface area (Å²) in [7, 11) is 0. The van der Waals surface area contributed by atoms with Crippen LogP contribution < -0.4 is 5.32 Å². The van der Waals surface area contributed by atoms with Gasteiger partial charge in [0.2, 0.25) is 5.91 Å². The number of nitrogens with zero attached hydrogens (tertiary/aromatic N) is 1. The molecule has 2 bridgehead atoms. The van der Waals surface area contributed by atoms with Crippen LogP contribution in [0.15, 0.2) is 12.2 Å². The summed E-state index contributed by atoms with van der Waals surface area (Å²) >= 11 is 0. The fourth-order valence-electron chi connectivity index (χ4n) is 3.69. The molecule has 0 aromatic heterocycles. The molecule has 118 valence electrons. The van der Waals surface area contributed by atoms with E-state index in [0.717, 1.165) is 32.5 Å². The highest BCUT2D eigenvalue weighted by Gasteiger charge is 2.51. The molecule has 5 nitrogen and oxygen atoms in total. The summed E-state index contributed by atoms with van der Waals surface area (Å²) in [4.78, 5) is 26.0. The maximum Gasteiger partial charge on any atom is 0.307 e. The van der Waals surface area contributed by atoms with Crippen LogP contribution in [0, 0.1) is 23.7 Å². The van der Waals surface area contributed by atoms with Crippen LogP contribution in [0.1, 0.15) is 26.7 Å². The van der Waals surface area contributed by atoms with Gasteiger partial charge in [-0.2, -0.15) is 0 Å². The number of aliphatic carboxylic acids is 1. The van der Waals surface area contributed by atoms with Crippen molar-refractivity contribution in [3.05, 3.63) is 12.2 Å². The Kier molecular flexibility index (Phi) is 5.39. The summed E-state index contributed by atoms with van der Waals surface area (Å²) in [6.45, 7) is 7.87. The van der Waals surface area contributed by atoms with E-state index in [9.17, 15) is 14.7 Å². The molecule has 4 unspecified atom stereocenters. The predicted molar refractivity (Wildman–Crippen MR) is 80.8 cm³/mol. The summed E-state index contributed by atoms with van der Waals surface area (Å²) in [6, 6.07) is 0. The second-order valence-electron chi connectivity index (χ2n) is 6.01. The van der Waals surface area contributed by atoms with Crippen molar-refractivity contribution in [1.82, 2.24) is 10.2 Å². The highest BCUT2D eigenvalue weighted by molar-refractivity contribution is 5.86. The second kappa shape index (κ2) is 7.07. The number of hydrogen-bond donors (Lipinski definition) is 2. The number of nitrogens with one attached hydrogen (secondary N) is 1.